The lowest BCUT2D eigenvalue weighted by Crippen LogP contribution is -2.48. The molecule has 29 heavy (non-hydrogen) atoms. The van der Waals surface area contributed by atoms with Crippen LogP contribution in [0.3, 0.4) is 0 Å². The Labute approximate surface area is 169 Å². The van der Waals surface area contributed by atoms with Crippen LogP contribution >= 0.6 is 0 Å². The van der Waals surface area contributed by atoms with Crippen LogP contribution in [0, 0.1) is 0 Å². The van der Waals surface area contributed by atoms with Gasteiger partial charge in [-0.15, -0.1) is 0 Å². The molecular weight excluding hydrogens is 392 g/mol. The van der Waals surface area contributed by atoms with Crippen molar-refractivity contribution < 1.29 is 22.7 Å². The average Bonchev–Trinajstić information content (AvgIpc) is 3.35. The molecule has 2 unspecified atom stereocenters. The van der Waals surface area contributed by atoms with Gasteiger partial charge in [0.15, 0.2) is 0 Å². The van der Waals surface area contributed by atoms with E-state index in [1.165, 1.54) is 12.1 Å². The fraction of sp³-hybridized carbons (Fsp3) is 0.333. The number of ether oxygens (including phenoxy) is 1. The summed E-state index contributed by atoms with van der Waals surface area (Å²) in [4.78, 5) is 27.0. The molecule has 0 saturated carbocycles. The molecule has 0 radical (unpaired) electrons. The molecule has 2 aromatic rings. The largest absolute Gasteiger partial charge is 0.377 e. The van der Waals surface area contributed by atoms with Gasteiger partial charge < -0.3 is 4.74 Å². The van der Waals surface area contributed by atoms with Crippen LogP contribution in [0.4, 0.5) is 5.69 Å². The Morgan fingerprint density at radius 2 is 1.66 bits per heavy atom. The number of sulfonamides is 1. The van der Waals surface area contributed by atoms with Crippen LogP contribution in [-0.4, -0.2) is 49.8 Å². The molecule has 152 valence electrons. The van der Waals surface area contributed by atoms with E-state index in [0.717, 1.165) is 22.0 Å². The van der Waals surface area contributed by atoms with E-state index in [1.807, 2.05) is 0 Å². The number of anilines is 1. The molecule has 0 spiro atoms. The predicted molar refractivity (Wildman–Crippen MR) is 107 cm³/mol. The van der Waals surface area contributed by atoms with Crippen LogP contribution in [-0.2, 0) is 24.3 Å². The molecule has 2 aromatic carbocycles. The van der Waals surface area contributed by atoms with Crippen molar-refractivity contribution in [1.82, 2.24) is 4.31 Å². The van der Waals surface area contributed by atoms with Crippen molar-refractivity contribution in [3.63, 3.8) is 0 Å². The van der Waals surface area contributed by atoms with E-state index in [1.54, 1.807) is 48.5 Å². The fourth-order valence-corrected chi connectivity index (χ4v) is 5.43. The number of imide groups is 1. The molecule has 2 heterocycles. The van der Waals surface area contributed by atoms with E-state index in [4.69, 9.17) is 4.74 Å². The van der Waals surface area contributed by atoms with Crippen LogP contribution in [0.25, 0.3) is 0 Å². The smallest absolute Gasteiger partial charge is 0.252 e. The molecule has 0 aromatic heterocycles. The summed E-state index contributed by atoms with van der Waals surface area (Å²) in [6.07, 6.45) is 1.09. The van der Waals surface area contributed by atoms with Gasteiger partial charge >= 0.3 is 0 Å². The number of carbonyl (C=O) groups is 2. The molecule has 2 aliphatic heterocycles. The Kier molecular flexibility index (Phi) is 5.49. The first kappa shape index (κ1) is 19.8. The highest BCUT2D eigenvalue weighted by atomic mass is 32.2. The van der Waals surface area contributed by atoms with Crippen LogP contribution in [0.5, 0.6) is 0 Å². The maximum Gasteiger partial charge on any atom is 0.252 e. The van der Waals surface area contributed by atoms with Gasteiger partial charge in [0.25, 0.3) is 5.91 Å². The molecule has 0 bridgehead atoms. The van der Waals surface area contributed by atoms with Crippen molar-refractivity contribution >= 4 is 27.5 Å². The molecule has 2 fully saturated rings. The molecule has 2 amide bonds. The van der Waals surface area contributed by atoms with Crippen molar-refractivity contribution in [3.8, 4) is 0 Å². The summed E-state index contributed by atoms with van der Waals surface area (Å²) in [5, 5.41) is 0. The second kappa shape index (κ2) is 8.06. The normalized spacial score (nSPS) is 22.6. The summed E-state index contributed by atoms with van der Waals surface area (Å²) in [5.41, 5.74) is 0.444. The topological polar surface area (TPSA) is 84.0 Å². The van der Waals surface area contributed by atoms with Crippen molar-refractivity contribution in [2.24, 2.45) is 0 Å². The molecule has 2 atom stereocenters. The van der Waals surface area contributed by atoms with Crippen LogP contribution in [0.2, 0.25) is 0 Å². The third-order valence-corrected chi connectivity index (χ3v) is 7.13. The number of nitrogens with zero attached hydrogens (tertiary/aromatic N) is 2. The summed E-state index contributed by atoms with van der Waals surface area (Å²) in [5.74, 6) is -0.939. The standard InChI is InChI=1S/C21H22N2O5S/c24-20-14-19(21(25)23(20)16-8-3-1-4-9-16)22(15-17-10-7-13-28-17)29(26,27)18-11-5-2-6-12-18/h1-6,8-9,11-12,17,19H,7,10,13-15H2. The zero-order chi connectivity index (χ0) is 20.4. The lowest BCUT2D eigenvalue weighted by atomic mass is 10.2. The minimum absolute atomic E-state index is 0.0452. The maximum atomic E-state index is 13.4. The minimum atomic E-state index is -3.98. The molecule has 7 nitrogen and oxygen atoms in total. The van der Waals surface area contributed by atoms with Crippen molar-refractivity contribution in [2.75, 3.05) is 18.1 Å². The van der Waals surface area contributed by atoms with Crippen LogP contribution in [0.1, 0.15) is 19.3 Å². The monoisotopic (exact) mass is 414 g/mol. The van der Waals surface area contributed by atoms with Gasteiger partial charge in [0.2, 0.25) is 15.9 Å². The third kappa shape index (κ3) is 3.83. The summed E-state index contributed by atoms with van der Waals surface area (Å²) in [6.45, 7) is 0.612. The maximum absolute atomic E-state index is 13.4. The average molecular weight is 414 g/mol. The first-order valence-corrected chi connectivity index (χ1v) is 11.0. The number of benzene rings is 2. The Balaban J connectivity index is 1.69. The Morgan fingerprint density at radius 1 is 1.00 bits per heavy atom. The van der Waals surface area contributed by atoms with Crippen LogP contribution in [0.15, 0.2) is 65.6 Å². The van der Waals surface area contributed by atoms with E-state index in [9.17, 15) is 18.0 Å². The number of hydrogen-bond acceptors (Lipinski definition) is 5. The van der Waals surface area contributed by atoms with Gasteiger partial charge in [-0.05, 0) is 37.1 Å². The molecule has 8 heteroatoms. The van der Waals surface area contributed by atoms with E-state index < -0.39 is 27.9 Å². The molecular formula is C21H22N2O5S. The minimum Gasteiger partial charge on any atom is -0.377 e. The zero-order valence-electron chi connectivity index (χ0n) is 15.8. The van der Waals surface area contributed by atoms with E-state index >= 15 is 0 Å². The van der Waals surface area contributed by atoms with Crippen molar-refractivity contribution in [3.05, 3.63) is 60.7 Å². The van der Waals surface area contributed by atoms with Gasteiger partial charge in [-0.1, -0.05) is 36.4 Å². The highest BCUT2D eigenvalue weighted by molar-refractivity contribution is 7.89. The molecule has 2 saturated heterocycles. The second-order valence-corrected chi connectivity index (χ2v) is 9.04. The van der Waals surface area contributed by atoms with Crippen LogP contribution < -0.4 is 4.90 Å². The lowest BCUT2D eigenvalue weighted by molar-refractivity contribution is -0.122. The highest BCUT2D eigenvalue weighted by Gasteiger charge is 2.47. The fourth-order valence-electron chi connectivity index (χ4n) is 3.80. The lowest BCUT2D eigenvalue weighted by Gasteiger charge is -2.28. The number of amides is 2. The Morgan fingerprint density at radius 3 is 2.28 bits per heavy atom. The first-order valence-electron chi connectivity index (χ1n) is 9.59. The van der Waals surface area contributed by atoms with Crippen molar-refractivity contribution in [2.45, 2.75) is 36.3 Å². The highest BCUT2D eigenvalue weighted by Crippen LogP contribution is 2.30. The van der Waals surface area contributed by atoms with E-state index in [2.05, 4.69) is 0 Å². The first-order chi connectivity index (χ1) is 14.0. The molecule has 0 N–H and O–H groups in total. The number of para-hydroxylation sites is 1. The van der Waals surface area contributed by atoms with Gasteiger partial charge in [-0.25, -0.2) is 13.3 Å². The number of carbonyl (C=O) groups excluding carboxylic acids is 2. The second-order valence-electron chi connectivity index (χ2n) is 7.15. The summed E-state index contributed by atoms with van der Waals surface area (Å²) < 4.78 is 33.6. The van der Waals surface area contributed by atoms with Gasteiger partial charge in [0.05, 0.1) is 23.1 Å². The molecule has 0 aliphatic carbocycles. The zero-order valence-corrected chi connectivity index (χ0v) is 16.6. The summed E-state index contributed by atoms with van der Waals surface area (Å²) in [7, 11) is -3.98. The van der Waals surface area contributed by atoms with Gasteiger partial charge in [0, 0.05) is 13.2 Å². The van der Waals surface area contributed by atoms with Gasteiger partial charge in [0.1, 0.15) is 6.04 Å². The predicted octanol–water partition coefficient (Wildman–Crippen LogP) is 2.19. The Bertz CT molecular complexity index is 988. The Hall–Kier alpha value is -2.55. The number of hydrogen-bond donors (Lipinski definition) is 0. The summed E-state index contributed by atoms with van der Waals surface area (Å²) >= 11 is 0. The number of rotatable bonds is 6. The molecule has 2 aliphatic rings. The van der Waals surface area contributed by atoms with Gasteiger partial charge in [-0.2, -0.15) is 4.31 Å². The summed E-state index contributed by atoms with van der Waals surface area (Å²) in [6, 6.07) is 15.5. The van der Waals surface area contributed by atoms with Gasteiger partial charge in [-0.3, -0.25) is 9.59 Å². The molecule has 4 rings (SSSR count). The van der Waals surface area contributed by atoms with E-state index in [-0.39, 0.29) is 24.0 Å². The third-order valence-electron chi connectivity index (χ3n) is 5.24. The van der Waals surface area contributed by atoms with E-state index in [0.29, 0.717) is 12.3 Å². The SMILES string of the molecule is O=C1CC(N(CC2CCCO2)S(=O)(=O)c2ccccc2)C(=O)N1c1ccccc1. The van der Waals surface area contributed by atoms with Crippen molar-refractivity contribution in [1.29, 1.82) is 0 Å². The quantitative estimate of drug-likeness (QED) is 0.677.